The molecule has 0 spiro atoms. The van der Waals surface area contributed by atoms with Crippen LogP contribution in [0.15, 0.2) is 48.5 Å². The van der Waals surface area contributed by atoms with E-state index in [-0.39, 0.29) is 11.6 Å². The number of aromatic nitrogens is 3. The number of methoxy groups -OCH3 is 1. The van der Waals surface area contributed by atoms with Crippen molar-refractivity contribution < 1.29 is 9.53 Å². The molecule has 2 N–H and O–H groups in total. The van der Waals surface area contributed by atoms with Gasteiger partial charge in [0, 0.05) is 48.6 Å². The second-order valence-corrected chi connectivity index (χ2v) is 7.07. The summed E-state index contributed by atoms with van der Waals surface area (Å²) in [6.45, 7) is 2.65. The molecule has 3 aromatic rings. The van der Waals surface area contributed by atoms with Crippen molar-refractivity contribution in [3.05, 3.63) is 59.2 Å². The predicted octanol–water partition coefficient (Wildman–Crippen LogP) is 3.17. The van der Waals surface area contributed by atoms with Gasteiger partial charge in [0.2, 0.25) is 0 Å². The average molecular weight is 413 g/mol. The van der Waals surface area contributed by atoms with Gasteiger partial charge in [0.1, 0.15) is 5.75 Å². The average Bonchev–Trinajstić information content (AvgIpc) is 3.21. The third kappa shape index (κ3) is 4.27. The lowest BCUT2D eigenvalue weighted by Gasteiger charge is -2.36. The number of rotatable bonds is 5. The smallest absolute Gasteiger partial charge is 0.278 e. The molecule has 0 saturated carbocycles. The summed E-state index contributed by atoms with van der Waals surface area (Å²) in [7, 11) is 1.66. The van der Waals surface area contributed by atoms with Gasteiger partial charge in [-0.3, -0.25) is 4.79 Å². The number of aromatic amines is 1. The van der Waals surface area contributed by atoms with Crippen molar-refractivity contribution in [3.63, 3.8) is 0 Å². The third-order valence-corrected chi connectivity index (χ3v) is 5.06. The van der Waals surface area contributed by atoms with Crippen LogP contribution in [0.3, 0.4) is 0 Å². The molecule has 9 heteroatoms. The number of carbonyl (C=O) groups is 1. The van der Waals surface area contributed by atoms with E-state index in [9.17, 15) is 4.79 Å². The van der Waals surface area contributed by atoms with E-state index in [2.05, 4.69) is 25.6 Å². The molecule has 0 unspecified atom stereocenters. The summed E-state index contributed by atoms with van der Waals surface area (Å²) in [5, 5.41) is 14.4. The number of hydrogen-bond donors (Lipinski definition) is 2. The first-order valence-electron chi connectivity index (χ1n) is 9.25. The number of halogens is 1. The Morgan fingerprint density at radius 3 is 2.66 bits per heavy atom. The molecule has 29 heavy (non-hydrogen) atoms. The molecule has 2 heterocycles. The van der Waals surface area contributed by atoms with Gasteiger partial charge in [-0.2, -0.15) is 5.21 Å². The lowest BCUT2D eigenvalue weighted by Crippen LogP contribution is -2.49. The number of anilines is 3. The van der Waals surface area contributed by atoms with Crippen molar-refractivity contribution in [2.45, 2.75) is 0 Å². The van der Waals surface area contributed by atoms with Crippen LogP contribution in [0.1, 0.15) is 10.5 Å². The van der Waals surface area contributed by atoms with E-state index in [1.165, 1.54) is 0 Å². The van der Waals surface area contributed by atoms with Gasteiger partial charge in [0.25, 0.3) is 5.91 Å². The molecule has 0 bridgehead atoms. The van der Waals surface area contributed by atoms with Gasteiger partial charge in [0.05, 0.1) is 7.11 Å². The molecule has 1 aliphatic heterocycles. The first-order valence-corrected chi connectivity index (χ1v) is 9.63. The summed E-state index contributed by atoms with van der Waals surface area (Å²) in [5.74, 6) is 1.04. The van der Waals surface area contributed by atoms with E-state index in [1.807, 2.05) is 36.4 Å². The Morgan fingerprint density at radius 1 is 1.10 bits per heavy atom. The van der Waals surface area contributed by atoms with Crippen molar-refractivity contribution in [2.24, 2.45) is 0 Å². The molecule has 1 aliphatic rings. The van der Waals surface area contributed by atoms with Gasteiger partial charge >= 0.3 is 0 Å². The van der Waals surface area contributed by atoms with E-state index in [4.69, 9.17) is 16.3 Å². The molecule has 1 amide bonds. The molecule has 0 atom stereocenters. The Hall–Kier alpha value is -3.26. The van der Waals surface area contributed by atoms with Gasteiger partial charge in [0.15, 0.2) is 11.5 Å². The zero-order valence-corrected chi connectivity index (χ0v) is 16.7. The molecule has 8 nitrogen and oxygen atoms in total. The highest BCUT2D eigenvalue weighted by molar-refractivity contribution is 6.30. The maximum Gasteiger partial charge on any atom is 0.278 e. The fourth-order valence-electron chi connectivity index (χ4n) is 3.29. The molecule has 0 radical (unpaired) electrons. The Morgan fingerprint density at radius 2 is 1.90 bits per heavy atom. The number of nitrogens with zero attached hydrogens (tertiary/aromatic N) is 4. The minimum atomic E-state index is -0.159. The monoisotopic (exact) mass is 412 g/mol. The topological polar surface area (TPSA) is 86.4 Å². The maximum atomic E-state index is 13.0. The minimum Gasteiger partial charge on any atom is -0.497 e. The predicted molar refractivity (Wildman–Crippen MR) is 112 cm³/mol. The van der Waals surface area contributed by atoms with Crippen LogP contribution in [0.25, 0.3) is 0 Å². The highest BCUT2D eigenvalue weighted by Crippen LogP contribution is 2.24. The molecular formula is C20H21ClN6O2. The highest BCUT2D eigenvalue weighted by atomic mass is 35.5. The molecule has 150 valence electrons. The molecule has 2 aromatic carbocycles. The summed E-state index contributed by atoms with van der Waals surface area (Å²) in [6.07, 6.45) is 0. The second-order valence-electron chi connectivity index (χ2n) is 6.64. The molecular weight excluding hydrogens is 392 g/mol. The Bertz CT molecular complexity index is 1000. The van der Waals surface area contributed by atoms with Gasteiger partial charge in [-0.25, -0.2) is 0 Å². The number of H-pyrrole nitrogens is 1. The molecule has 4 rings (SSSR count). The van der Waals surface area contributed by atoms with Crippen molar-refractivity contribution in [3.8, 4) is 5.75 Å². The summed E-state index contributed by atoms with van der Waals surface area (Å²) in [6, 6.07) is 15.1. The van der Waals surface area contributed by atoms with Crippen LogP contribution in [-0.4, -0.2) is 59.5 Å². The number of hydrogen-bond acceptors (Lipinski definition) is 6. The Labute approximate surface area is 173 Å². The number of piperazine rings is 1. The van der Waals surface area contributed by atoms with Crippen LogP contribution in [-0.2, 0) is 0 Å². The van der Waals surface area contributed by atoms with E-state index < -0.39 is 0 Å². The first kappa shape index (κ1) is 19.1. The van der Waals surface area contributed by atoms with Crippen LogP contribution in [0, 0.1) is 0 Å². The molecule has 1 aromatic heterocycles. The van der Waals surface area contributed by atoms with Crippen LogP contribution >= 0.6 is 11.6 Å². The lowest BCUT2D eigenvalue weighted by molar-refractivity contribution is 0.0742. The van der Waals surface area contributed by atoms with E-state index in [0.717, 1.165) is 30.2 Å². The van der Waals surface area contributed by atoms with E-state index in [1.54, 1.807) is 24.1 Å². The van der Waals surface area contributed by atoms with E-state index >= 15 is 0 Å². The second kappa shape index (κ2) is 8.40. The number of benzene rings is 2. The number of carbonyl (C=O) groups excluding carboxylic acids is 1. The number of nitrogens with one attached hydrogen (secondary N) is 2. The van der Waals surface area contributed by atoms with Crippen LogP contribution in [0.4, 0.5) is 17.2 Å². The highest BCUT2D eigenvalue weighted by Gasteiger charge is 2.26. The van der Waals surface area contributed by atoms with Crippen molar-refractivity contribution in [1.82, 2.24) is 20.3 Å². The summed E-state index contributed by atoms with van der Waals surface area (Å²) >= 11 is 6.02. The normalized spacial score (nSPS) is 14.0. The van der Waals surface area contributed by atoms with Crippen molar-refractivity contribution >= 4 is 34.7 Å². The standard InChI is InChI=1S/C20H21ClN6O2/c1-29-17-7-3-6-16(13-17)26-8-10-27(11-9-26)20(28)18-19(24-25-23-18)22-15-5-2-4-14(21)12-15/h2-7,12-13H,8-11H2,1H3,(H2,22,23,24,25). The van der Waals surface area contributed by atoms with Gasteiger partial charge in [-0.15, -0.1) is 10.2 Å². The Balaban J connectivity index is 1.42. The largest absolute Gasteiger partial charge is 0.497 e. The van der Waals surface area contributed by atoms with Crippen LogP contribution < -0.4 is 15.0 Å². The Kier molecular flexibility index (Phi) is 5.53. The SMILES string of the molecule is COc1cccc(N2CCN(C(=O)c3n[nH]nc3Nc3cccc(Cl)c3)CC2)c1. The zero-order chi connectivity index (χ0) is 20.2. The lowest BCUT2D eigenvalue weighted by atomic mass is 10.2. The summed E-state index contributed by atoms with van der Waals surface area (Å²) in [5.41, 5.74) is 2.09. The fourth-order valence-corrected chi connectivity index (χ4v) is 3.49. The molecule has 1 fully saturated rings. The first-order chi connectivity index (χ1) is 14.1. The molecule has 1 saturated heterocycles. The fraction of sp³-hybridized carbons (Fsp3) is 0.250. The van der Waals surface area contributed by atoms with Crippen LogP contribution in [0.2, 0.25) is 5.02 Å². The summed E-state index contributed by atoms with van der Waals surface area (Å²) in [4.78, 5) is 17.0. The number of ether oxygens (including phenoxy) is 1. The van der Waals surface area contributed by atoms with E-state index in [0.29, 0.717) is 23.9 Å². The van der Waals surface area contributed by atoms with Crippen LogP contribution in [0.5, 0.6) is 5.75 Å². The quantitative estimate of drug-likeness (QED) is 0.669. The third-order valence-electron chi connectivity index (χ3n) is 4.82. The van der Waals surface area contributed by atoms with Gasteiger partial charge < -0.3 is 19.9 Å². The van der Waals surface area contributed by atoms with Crippen molar-refractivity contribution in [1.29, 1.82) is 0 Å². The van der Waals surface area contributed by atoms with Gasteiger partial charge in [-0.1, -0.05) is 23.7 Å². The summed E-state index contributed by atoms with van der Waals surface area (Å²) < 4.78 is 5.30. The van der Waals surface area contributed by atoms with Crippen molar-refractivity contribution in [2.75, 3.05) is 43.5 Å². The van der Waals surface area contributed by atoms with Gasteiger partial charge in [-0.05, 0) is 30.3 Å². The maximum absolute atomic E-state index is 13.0. The zero-order valence-electron chi connectivity index (χ0n) is 15.9. The molecule has 0 aliphatic carbocycles. The number of amides is 1. The minimum absolute atomic E-state index is 0.159.